The van der Waals surface area contributed by atoms with Gasteiger partial charge in [0.1, 0.15) is 11.1 Å². The van der Waals surface area contributed by atoms with Crippen LogP contribution in [0.4, 0.5) is 0 Å². The number of ether oxygens (including phenoxy) is 1. The molecular weight excluding hydrogens is 274 g/mol. The normalized spacial score (nSPS) is 11.7. The number of nitrogens with one attached hydrogen (secondary N) is 2. The van der Waals surface area contributed by atoms with E-state index in [2.05, 4.69) is 15.3 Å². The molecule has 1 rings (SSSR count). The molecule has 104 valence electrons. The lowest BCUT2D eigenvalue weighted by Gasteiger charge is -2.12. The lowest BCUT2D eigenvalue weighted by molar-refractivity contribution is -0.140. The molecule has 0 aliphatic carbocycles. The number of H-pyrrole nitrogens is 1. The van der Waals surface area contributed by atoms with Crippen LogP contribution in [0, 0.1) is 0 Å². The number of aromatic nitrogens is 2. The molecular formula is C10H13N3O5S. The molecule has 0 aromatic carbocycles. The zero-order valence-corrected chi connectivity index (χ0v) is 11.1. The second-order valence-corrected chi connectivity index (χ2v) is 4.48. The smallest absolute Gasteiger partial charge is 0.327 e. The first-order valence-electron chi connectivity index (χ1n) is 5.20. The molecule has 0 saturated heterocycles. The minimum atomic E-state index is -1.16. The van der Waals surface area contributed by atoms with Crippen LogP contribution < -0.4 is 15.6 Å². The Morgan fingerprint density at radius 1 is 1.63 bits per heavy atom. The maximum Gasteiger partial charge on any atom is 0.327 e. The molecule has 0 aliphatic heterocycles. The molecule has 19 heavy (non-hydrogen) atoms. The highest BCUT2D eigenvalue weighted by Gasteiger charge is 2.20. The Hall–Kier alpha value is -2.03. The maximum atomic E-state index is 11.4. The number of amides is 1. The summed E-state index contributed by atoms with van der Waals surface area (Å²) in [5, 5.41) is 11.5. The van der Waals surface area contributed by atoms with E-state index < -0.39 is 23.5 Å². The fraction of sp³-hybridized carbons (Fsp3) is 0.400. The molecule has 1 aromatic rings. The Bertz CT molecular complexity index is 530. The number of carboxylic acid groups (broad SMARTS) is 1. The summed E-state index contributed by atoms with van der Waals surface area (Å²) < 4.78 is 4.89. The Morgan fingerprint density at radius 3 is 2.84 bits per heavy atom. The lowest BCUT2D eigenvalue weighted by atomic mass is 10.3. The summed E-state index contributed by atoms with van der Waals surface area (Å²) in [6.07, 6.45) is 1.20. The summed E-state index contributed by atoms with van der Waals surface area (Å²) in [6, 6.07) is -1.06. The van der Waals surface area contributed by atoms with E-state index in [9.17, 15) is 14.4 Å². The molecule has 1 atom stereocenters. The molecule has 0 aliphatic rings. The van der Waals surface area contributed by atoms with Gasteiger partial charge in [-0.1, -0.05) is 11.8 Å². The van der Waals surface area contributed by atoms with E-state index >= 15 is 0 Å². The second kappa shape index (κ2) is 6.78. The molecule has 0 unspecified atom stereocenters. The van der Waals surface area contributed by atoms with Crippen LogP contribution in [-0.4, -0.2) is 45.9 Å². The summed E-state index contributed by atoms with van der Waals surface area (Å²) in [6.45, 7) is 1.23. The summed E-state index contributed by atoms with van der Waals surface area (Å²) in [4.78, 5) is 39.4. The van der Waals surface area contributed by atoms with Crippen LogP contribution in [0.5, 0.6) is 5.75 Å². The molecule has 9 heteroatoms. The summed E-state index contributed by atoms with van der Waals surface area (Å²) >= 11 is 1.01. The SMILES string of the molecule is COc1c(SC[C@H](NC(C)=O)C(=O)O)nc[nH]c1=O. The second-order valence-electron chi connectivity index (χ2n) is 3.47. The number of nitrogens with zero attached hydrogens (tertiary/aromatic N) is 1. The highest BCUT2D eigenvalue weighted by atomic mass is 32.2. The third-order valence-corrected chi connectivity index (χ3v) is 3.11. The van der Waals surface area contributed by atoms with Gasteiger partial charge in [-0.25, -0.2) is 9.78 Å². The predicted octanol–water partition coefficient (Wildman–Crippen LogP) is -0.540. The van der Waals surface area contributed by atoms with Gasteiger partial charge in [0.15, 0.2) is 0 Å². The monoisotopic (exact) mass is 287 g/mol. The number of carbonyl (C=O) groups excluding carboxylic acids is 1. The molecule has 8 nitrogen and oxygen atoms in total. The average Bonchev–Trinajstić information content (AvgIpc) is 2.33. The minimum Gasteiger partial charge on any atom is -0.489 e. The zero-order chi connectivity index (χ0) is 14.4. The van der Waals surface area contributed by atoms with Gasteiger partial charge in [0.2, 0.25) is 11.7 Å². The molecule has 1 heterocycles. The van der Waals surface area contributed by atoms with E-state index in [1.54, 1.807) is 0 Å². The first kappa shape index (κ1) is 15.0. The van der Waals surface area contributed by atoms with Gasteiger partial charge < -0.3 is 20.1 Å². The molecule has 0 saturated carbocycles. The number of carbonyl (C=O) groups is 2. The van der Waals surface area contributed by atoms with E-state index in [1.807, 2.05) is 0 Å². The highest BCUT2D eigenvalue weighted by molar-refractivity contribution is 7.99. The number of hydrogen-bond acceptors (Lipinski definition) is 6. The summed E-state index contributed by atoms with van der Waals surface area (Å²) in [5.74, 6) is -1.56. The van der Waals surface area contributed by atoms with E-state index in [1.165, 1.54) is 20.4 Å². The third kappa shape index (κ3) is 4.28. The third-order valence-electron chi connectivity index (χ3n) is 2.04. The van der Waals surface area contributed by atoms with Gasteiger partial charge in [-0.3, -0.25) is 9.59 Å². The number of methoxy groups -OCH3 is 1. The molecule has 3 N–H and O–H groups in total. The van der Waals surface area contributed by atoms with Crippen molar-refractivity contribution < 1.29 is 19.4 Å². The highest BCUT2D eigenvalue weighted by Crippen LogP contribution is 2.23. The van der Waals surface area contributed by atoms with Gasteiger partial charge in [0.05, 0.1) is 13.4 Å². The van der Waals surface area contributed by atoms with Crippen LogP contribution in [0.1, 0.15) is 6.92 Å². The molecule has 1 amide bonds. The lowest BCUT2D eigenvalue weighted by Crippen LogP contribution is -2.41. The number of hydrogen-bond donors (Lipinski definition) is 3. The Morgan fingerprint density at radius 2 is 2.32 bits per heavy atom. The van der Waals surface area contributed by atoms with Crippen LogP contribution in [-0.2, 0) is 9.59 Å². The fourth-order valence-corrected chi connectivity index (χ4v) is 2.22. The van der Waals surface area contributed by atoms with Gasteiger partial charge in [-0.05, 0) is 0 Å². The maximum absolute atomic E-state index is 11.4. The standard InChI is InChI=1S/C10H13N3O5S/c1-5(14)13-6(10(16)17)3-19-9-7(18-2)8(15)11-4-12-9/h4,6H,3H2,1-2H3,(H,13,14)(H,16,17)(H,11,12,15)/t6-/m0/s1. The quantitative estimate of drug-likeness (QED) is 0.474. The number of aromatic amines is 1. The van der Waals surface area contributed by atoms with Gasteiger partial charge in [-0.2, -0.15) is 0 Å². The summed E-state index contributed by atoms with van der Waals surface area (Å²) in [7, 11) is 1.32. The zero-order valence-electron chi connectivity index (χ0n) is 10.3. The van der Waals surface area contributed by atoms with Crippen molar-refractivity contribution in [1.29, 1.82) is 0 Å². The van der Waals surface area contributed by atoms with Crippen molar-refractivity contribution in [2.24, 2.45) is 0 Å². The summed E-state index contributed by atoms with van der Waals surface area (Å²) in [5.41, 5.74) is -0.452. The molecule has 0 bridgehead atoms. The van der Waals surface area contributed by atoms with Crippen molar-refractivity contribution in [1.82, 2.24) is 15.3 Å². The minimum absolute atomic E-state index is 0.0134. The van der Waals surface area contributed by atoms with E-state index in [0.29, 0.717) is 0 Å². The number of aliphatic carboxylic acids is 1. The van der Waals surface area contributed by atoms with Gasteiger partial charge in [0.25, 0.3) is 5.56 Å². The van der Waals surface area contributed by atoms with Crippen LogP contribution in [0.2, 0.25) is 0 Å². The van der Waals surface area contributed by atoms with E-state index in [-0.39, 0.29) is 16.5 Å². The van der Waals surface area contributed by atoms with E-state index in [4.69, 9.17) is 9.84 Å². The Balaban J connectivity index is 2.80. The van der Waals surface area contributed by atoms with Crippen molar-refractivity contribution in [3.8, 4) is 5.75 Å². The first-order chi connectivity index (χ1) is 8.95. The van der Waals surface area contributed by atoms with Gasteiger partial charge >= 0.3 is 5.97 Å². The average molecular weight is 287 g/mol. The molecule has 0 spiro atoms. The number of rotatable bonds is 6. The Labute approximate surface area is 112 Å². The van der Waals surface area contributed by atoms with Gasteiger partial charge in [-0.15, -0.1) is 0 Å². The van der Waals surface area contributed by atoms with E-state index in [0.717, 1.165) is 11.8 Å². The van der Waals surface area contributed by atoms with Crippen LogP contribution >= 0.6 is 11.8 Å². The Kier molecular flexibility index (Phi) is 5.37. The molecule has 1 aromatic heterocycles. The topological polar surface area (TPSA) is 121 Å². The number of thioether (sulfide) groups is 1. The van der Waals surface area contributed by atoms with Crippen molar-refractivity contribution in [2.75, 3.05) is 12.9 Å². The van der Waals surface area contributed by atoms with Crippen molar-refractivity contribution >= 4 is 23.6 Å². The largest absolute Gasteiger partial charge is 0.489 e. The number of carboxylic acids is 1. The molecule has 0 radical (unpaired) electrons. The van der Waals surface area contributed by atoms with Gasteiger partial charge in [0, 0.05) is 12.7 Å². The van der Waals surface area contributed by atoms with Crippen molar-refractivity contribution in [3.63, 3.8) is 0 Å². The van der Waals surface area contributed by atoms with Crippen molar-refractivity contribution in [3.05, 3.63) is 16.7 Å². The first-order valence-corrected chi connectivity index (χ1v) is 6.18. The predicted molar refractivity (Wildman–Crippen MR) is 67.4 cm³/mol. The van der Waals surface area contributed by atoms with Crippen LogP contribution in [0.25, 0.3) is 0 Å². The van der Waals surface area contributed by atoms with Crippen LogP contribution in [0.3, 0.4) is 0 Å². The molecule has 0 fully saturated rings. The van der Waals surface area contributed by atoms with Crippen LogP contribution in [0.15, 0.2) is 16.1 Å². The fourth-order valence-electron chi connectivity index (χ4n) is 1.24. The van der Waals surface area contributed by atoms with Crippen molar-refractivity contribution in [2.45, 2.75) is 18.0 Å².